The Bertz CT molecular complexity index is 914. The predicted octanol–water partition coefficient (Wildman–Crippen LogP) is 3.74. The maximum absolute atomic E-state index is 9.49. The fourth-order valence-electron chi connectivity index (χ4n) is 2.53. The van der Waals surface area contributed by atoms with Crippen LogP contribution in [0.5, 0.6) is 5.75 Å². The van der Waals surface area contributed by atoms with Crippen LogP contribution in [0.3, 0.4) is 0 Å². The second kappa shape index (κ2) is 4.57. The Morgan fingerprint density at radius 2 is 1.35 bits per heavy atom. The molecule has 0 amide bonds. The summed E-state index contributed by atoms with van der Waals surface area (Å²) in [5.41, 5.74) is 1.17. The first-order valence-corrected chi connectivity index (χ1v) is 6.12. The van der Waals surface area contributed by atoms with Crippen LogP contribution in [0.2, 0.25) is 0 Å². The average molecular weight is 258 g/mol. The summed E-state index contributed by atoms with van der Waals surface area (Å²) in [5.74, 6) is 0.674. The Morgan fingerprint density at radius 3 is 1.90 bits per heavy atom. The fraction of sp³-hybridized carbons (Fsp3) is 0.0588. The Hall–Kier alpha value is -3.04. The van der Waals surface area contributed by atoms with Gasteiger partial charge in [0.05, 0.1) is 18.2 Å². The highest BCUT2D eigenvalue weighted by atomic mass is 16.5. The van der Waals surface area contributed by atoms with E-state index in [-0.39, 0.29) is 0 Å². The minimum absolute atomic E-state index is 0.577. The maximum atomic E-state index is 9.49. The standard InChI is InChI=1S/C17H10N2O/c1-20-11-6-7-14-15(8-11)17(10-19)13-5-3-2-4-12(13)16(14)9-18/h2-8H,1H3. The number of benzene rings is 3. The first kappa shape index (κ1) is 12.0. The quantitative estimate of drug-likeness (QED) is 0.625. The molecule has 94 valence electrons. The second-order valence-corrected chi connectivity index (χ2v) is 4.43. The monoisotopic (exact) mass is 258 g/mol. The molecule has 20 heavy (non-hydrogen) atoms. The summed E-state index contributed by atoms with van der Waals surface area (Å²) in [7, 11) is 1.58. The van der Waals surface area contributed by atoms with E-state index >= 15 is 0 Å². The summed E-state index contributed by atoms with van der Waals surface area (Å²) in [5, 5.41) is 22.1. The molecule has 0 saturated carbocycles. The molecular weight excluding hydrogens is 248 g/mol. The van der Waals surface area contributed by atoms with E-state index in [1.807, 2.05) is 30.3 Å². The summed E-state index contributed by atoms with van der Waals surface area (Å²) in [6, 6.07) is 17.4. The van der Waals surface area contributed by atoms with Crippen LogP contribution in [0.4, 0.5) is 0 Å². The largest absolute Gasteiger partial charge is 0.497 e. The van der Waals surface area contributed by atoms with Crippen LogP contribution in [-0.4, -0.2) is 7.11 Å². The van der Waals surface area contributed by atoms with Crippen LogP contribution >= 0.6 is 0 Å². The van der Waals surface area contributed by atoms with E-state index in [1.54, 1.807) is 19.2 Å². The lowest BCUT2D eigenvalue weighted by Crippen LogP contribution is -1.91. The molecule has 3 heteroatoms. The van der Waals surface area contributed by atoms with Crippen molar-refractivity contribution >= 4 is 21.5 Å². The highest BCUT2D eigenvalue weighted by molar-refractivity contribution is 6.09. The van der Waals surface area contributed by atoms with E-state index in [0.717, 1.165) is 21.5 Å². The highest BCUT2D eigenvalue weighted by Crippen LogP contribution is 2.34. The van der Waals surface area contributed by atoms with E-state index in [4.69, 9.17) is 4.74 Å². The Balaban J connectivity index is 2.63. The van der Waals surface area contributed by atoms with Crippen molar-refractivity contribution in [3.63, 3.8) is 0 Å². The highest BCUT2D eigenvalue weighted by Gasteiger charge is 2.13. The first-order chi connectivity index (χ1) is 9.80. The van der Waals surface area contributed by atoms with Crippen LogP contribution in [0.15, 0.2) is 42.5 Å². The molecule has 0 radical (unpaired) electrons. The Kier molecular flexibility index (Phi) is 2.75. The third kappa shape index (κ3) is 1.58. The zero-order chi connectivity index (χ0) is 14.1. The SMILES string of the molecule is COc1ccc2c(C#N)c3ccccc3c(C#N)c2c1. The summed E-state index contributed by atoms with van der Waals surface area (Å²) < 4.78 is 5.22. The number of ether oxygens (including phenoxy) is 1. The van der Waals surface area contributed by atoms with Gasteiger partial charge in [-0.05, 0) is 18.2 Å². The third-order valence-electron chi connectivity index (χ3n) is 3.45. The van der Waals surface area contributed by atoms with E-state index in [1.165, 1.54) is 0 Å². The van der Waals surface area contributed by atoms with Crippen LogP contribution in [-0.2, 0) is 0 Å². The predicted molar refractivity (Wildman–Crippen MR) is 77.4 cm³/mol. The number of rotatable bonds is 1. The van der Waals surface area contributed by atoms with E-state index < -0.39 is 0 Å². The van der Waals surface area contributed by atoms with Gasteiger partial charge in [0.15, 0.2) is 0 Å². The van der Waals surface area contributed by atoms with Crippen molar-refractivity contribution in [2.75, 3.05) is 7.11 Å². The van der Waals surface area contributed by atoms with Gasteiger partial charge in [-0.1, -0.05) is 24.3 Å². The molecule has 0 aliphatic carbocycles. The van der Waals surface area contributed by atoms with Crippen molar-refractivity contribution in [3.8, 4) is 17.9 Å². The van der Waals surface area contributed by atoms with Crippen molar-refractivity contribution in [3.05, 3.63) is 53.6 Å². The maximum Gasteiger partial charge on any atom is 0.119 e. The average Bonchev–Trinajstić information content (AvgIpc) is 2.51. The molecule has 3 aromatic carbocycles. The van der Waals surface area contributed by atoms with Gasteiger partial charge in [0.25, 0.3) is 0 Å². The van der Waals surface area contributed by atoms with Crippen molar-refractivity contribution in [1.82, 2.24) is 0 Å². The van der Waals surface area contributed by atoms with E-state index in [9.17, 15) is 10.5 Å². The Morgan fingerprint density at radius 1 is 0.800 bits per heavy atom. The lowest BCUT2D eigenvalue weighted by Gasteiger charge is -2.10. The van der Waals surface area contributed by atoms with Gasteiger partial charge in [0.1, 0.15) is 17.9 Å². The zero-order valence-electron chi connectivity index (χ0n) is 10.8. The molecule has 3 rings (SSSR count). The molecule has 0 unspecified atom stereocenters. The number of nitrogens with zero attached hydrogens (tertiary/aromatic N) is 2. The fourth-order valence-corrected chi connectivity index (χ4v) is 2.53. The molecule has 3 nitrogen and oxygen atoms in total. The zero-order valence-corrected chi connectivity index (χ0v) is 10.8. The summed E-state index contributed by atoms with van der Waals surface area (Å²) in [6.45, 7) is 0. The van der Waals surface area contributed by atoms with Gasteiger partial charge < -0.3 is 4.74 Å². The molecule has 0 saturated heterocycles. The normalized spacial score (nSPS) is 10.2. The molecule has 0 N–H and O–H groups in total. The molecule has 0 bridgehead atoms. The lowest BCUT2D eigenvalue weighted by molar-refractivity contribution is 0.415. The molecule has 0 fully saturated rings. The van der Waals surface area contributed by atoms with E-state index in [2.05, 4.69) is 12.1 Å². The van der Waals surface area contributed by atoms with E-state index in [0.29, 0.717) is 16.9 Å². The Labute approximate surface area is 116 Å². The van der Waals surface area contributed by atoms with Gasteiger partial charge in [-0.25, -0.2) is 0 Å². The van der Waals surface area contributed by atoms with Gasteiger partial charge in [-0.2, -0.15) is 10.5 Å². The molecule has 3 aromatic rings. The summed E-state index contributed by atoms with van der Waals surface area (Å²) in [6.07, 6.45) is 0. The number of methoxy groups -OCH3 is 1. The first-order valence-electron chi connectivity index (χ1n) is 6.12. The van der Waals surface area contributed by atoms with Crippen LogP contribution in [0.25, 0.3) is 21.5 Å². The van der Waals surface area contributed by atoms with Gasteiger partial charge in [-0.15, -0.1) is 0 Å². The van der Waals surface area contributed by atoms with Crippen LogP contribution in [0.1, 0.15) is 11.1 Å². The third-order valence-corrected chi connectivity index (χ3v) is 3.45. The van der Waals surface area contributed by atoms with Gasteiger partial charge in [0, 0.05) is 21.5 Å². The minimum Gasteiger partial charge on any atom is -0.497 e. The smallest absolute Gasteiger partial charge is 0.119 e. The van der Waals surface area contributed by atoms with Crippen molar-refractivity contribution in [2.24, 2.45) is 0 Å². The number of hydrogen-bond acceptors (Lipinski definition) is 3. The minimum atomic E-state index is 0.577. The van der Waals surface area contributed by atoms with Crippen molar-refractivity contribution in [2.45, 2.75) is 0 Å². The summed E-state index contributed by atoms with van der Waals surface area (Å²) in [4.78, 5) is 0. The van der Waals surface area contributed by atoms with Gasteiger partial charge in [0.2, 0.25) is 0 Å². The van der Waals surface area contributed by atoms with Crippen LogP contribution < -0.4 is 4.74 Å². The van der Waals surface area contributed by atoms with Gasteiger partial charge >= 0.3 is 0 Å². The number of nitriles is 2. The molecule has 0 aliphatic heterocycles. The van der Waals surface area contributed by atoms with Crippen molar-refractivity contribution < 1.29 is 4.74 Å². The second-order valence-electron chi connectivity index (χ2n) is 4.43. The molecule has 0 heterocycles. The van der Waals surface area contributed by atoms with Crippen molar-refractivity contribution in [1.29, 1.82) is 10.5 Å². The number of fused-ring (bicyclic) bond motifs is 2. The van der Waals surface area contributed by atoms with Crippen LogP contribution in [0, 0.1) is 22.7 Å². The summed E-state index contributed by atoms with van der Waals surface area (Å²) >= 11 is 0. The van der Waals surface area contributed by atoms with Gasteiger partial charge in [-0.3, -0.25) is 0 Å². The molecule has 0 aromatic heterocycles. The molecular formula is C17H10N2O. The topological polar surface area (TPSA) is 56.8 Å². The number of hydrogen-bond donors (Lipinski definition) is 0. The molecule has 0 aliphatic rings. The lowest BCUT2D eigenvalue weighted by atomic mass is 9.92. The molecule has 0 spiro atoms. The molecule has 0 atom stereocenters.